The second-order valence-electron chi connectivity index (χ2n) is 5.06. The van der Waals surface area contributed by atoms with Crippen molar-refractivity contribution in [1.82, 2.24) is 0 Å². The number of rotatable bonds is 3. The number of phenols is 1. The first kappa shape index (κ1) is 15.0. The molecule has 3 nitrogen and oxygen atoms in total. The maximum absolute atomic E-state index is 11.5. The first-order chi connectivity index (χ1) is 10.5. The summed E-state index contributed by atoms with van der Waals surface area (Å²) < 4.78 is 0. The summed E-state index contributed by atoms with van der Waals surface area (Å²) in [5, 5.41) is 11.3. The van der Waals surface area contributed by atoms with E-state index in [1.54, 1.807) is 18.2 Å². The Balaban J connectivity index is 1.99. The highest BCUT2D eigenvalue weighted by Crippen LogP contribution is 2.47. The van der Waals surface area contributed by atoms with Crippen molar-refractivity contribution in [2.24, 2.45) is 0 Å². The fourth-order valence-electron chi connectivity index (χ4n) is 2.31. The van der Waals surface area contributed by atoms with Crippen LogP contribution in [0.3, 0.4) is 0 Å². The number of hydrogen-bond acceptors (Lipinski definition) is 4. The lowest BCUT2D eigenvalue weighted by molar-refractivity contribution is -0.112. The number of hydrogen-bond donors (Lipinski definition) is 1. The number of fused-ring (bicyclic) bond motifs is 1. The van der Waals surface area contributed by atoms with Crippen LogP contribution in [0.5, 0.6) is 5.75 Å². The highest BCUT2D eigenvalue weighted by molar-refractivity contribution is 8.03. The minimum Gasteiger partial charge on any atom is -0.508 e. The summed E-state index contributed by atoms with van der Waals surface area (Å²) in [5.74, 6) is 0.213. The van der Waals surface area contributed by atoms with Crippen LogP contribution in [-0.2, 0) is 11.3 Å². The molecule has 112 valence electrons. The third kappa shape index (κ3) is 3.13. The Labute approximate surface area is 138 Å². The van der Waals surface area contributed by atoms with Crippen molar-refractivity contribution < 1.29 is 9.90 Å². The Morgan fingerprint density at radius 3 is 2.68 bits per heavy atom. The zero-order valence-electron chi connectivity index (χ0n) is 11.9. The summed E-state index contributed by atoms with van der Waals surface area (Å²) in [6, 6.07) is 12.8. The minimum atomic E-state index is 0.000587. The van der Waals surface area contributed by atoms with Crippen molar-refractivity contribution in [2.45, 2.75) is 18.4 Å². The van der Waals surface area contributed by atoms with Crippen LogP contribution in [0, 0.1) is 0 Å². The number of halogens is 1. The number of ketones is 1. The van der Waals surface area contributed by atoms with Crippen LogP contribution >= 0.6 is 23.4 Å². The quantitative estimate of drug-likeness (QED) is 0.835. The highest BCUT2D eigenvalue weighted by Gasteiger charge is 2.26. The van der Waals surface area contributed by atoms with Crippen LogP contribution in [0.1, 0.15) is 12.5 Å². The molecule has 22 heavy (non-hydrogen) atoms. The average molecular weight is 332 g/mol. The van der Waals surface area contributed by atoms with Crippen LogP contribution in [0.2, 0.25) is 5.02 Å². The fourth-order valence-corrected chi connectivity index (χ4v) is 3.57. The van der Waals surface area contributed by atoms with Crippen LogP contribution in [-0.4, -0.2) is 10.9 Å². The predicted molar refractivity (Wildman–Crippen MR) is 90.4 cm³/mol. The smallest absolute Gasteiger partial charge is 0.155 e. The molecular formula is C17H14ClNO2S. The van der Waals surface area contributed by atoms with Gasteiger partial charge >= 0.3 is 0 Å². The SMILES string of the molecule is CC(=O)C=C1Sc2ccc(O)cc2N1Cc1ccc(Cl)cc1. The molecule has 1 aliphatic rings. The van der Waals surface area contributed by atoms with E-state index in [1.165, 1.54) is 18.7 Å². The van der Waals surface area contributed by atoms with Gasteiger partial charge in [0.05, 0.1) is 10.7 Å². The maximum atomic E-state index is 11.5. The van der Waals surface area contributed by atoms with E-state index in [9.17, 15) is 9.90 Å². The number of carbonyl (C=O) groups is 1. The van der Waals surface area contributed by atoms with E-state index in [0.29, 0.717) is 11.6 Å². The van der Waals surface area contributed by atoms with Crippen molar-refractivity contribution >= 4 is 34.8 Å². The van der Waals surface area contributed by atoms with Gasteiger partial charge in [0, 0.05) is 28.6 Å². The molecule has 0 radical (unpaired) electrons. The largest absolute Gasteiger partial charge is 0.508 e. The summed E-state index contributed by atoms with van der Waals surface area (Å²) in [6.45, 7) is 2.15. The number of anilines is 1. The van der Waals surface area contributed by atoms with E-state index in [0.717, 1.165) is 21.2 Å². The molecule has 0 saturated heterocycles. The summed E-state index contributed by atoms with van der Waals surface area (Å²) >= 11 is 7.45. The predicted octanol–water partition coefficient (Wildman–Crippen LogP) is 4.59. The van der Waals surface area contributed by atoms with E-state index in [-0.39, 0.29) is 11.5 Å². The van der Waals surface area contributed by atoms with E-state index < -0.39 is 0 Å². The minimum absolute atomic E-state index is 0.000587. The van der Waals surface area contributed by atoms with E-state index in [2.05, 4.69) is 0 Å². The molecule has 0 fully saturated rings. The van der Waals surface area contributed by atoms with Gasteiger partial charge in [0.2, 0.25) is 0 Å². The van der Waals surface area contributed by atoms with E-state index in [4.69, 9.17) is 11.6 Å². The second-order valence-corrected chi connectivity index (χ2v) is 6.56. The summed E-state index contributed by atoms with van der Waals surface area (Å²) in [6.07, 6.45) is 1.62. The molecule has 5 heteroatoms. The van der Waals surface area contributed by atoms with Gasteiger partial charge in [0.1, 0.15) is 5.75 Å². The Hall–Kier alpha value is -1.91. The van der Waals surface area contributed by atoms with Crippen LogP contribution in [0.4, 0.5) is 5.69 Å². The molecular weight excluding hydrogens is 318 g/mol. The van der Waals surface area contributed by atoms with Crippen molar-refractivity contribution in [3.8, 4) is 5.75 Å². The molecule has 3 rings (SSSR count). The topological polar surface area (TPSA) is 40.5 Å². The van der Waals surface area contributed by atoms with Crippen molar-refractivity contribution in [3.05, 3.63) is 64.2 Å². The zero-order valence-corrected chi connectivity index (χ0v) is 13.5. The maximum Gasteiger partial charge on any atom is 0.155 e. The van der Waals surface area contributed by atoms with Crippen LogP contribution in [0.25, 0.3) is 0 Å². The molecule has 0 aromatic heterocycles. The number of allylic oxidation sites excluding steroid dienone is 1. The Morgan fingerprint density at radius 2 is 2.00 bits per heavy atom. The molecule has 2 aromatic carbocycles. The molecule has 0 aliphatic carbocycles. The van der Waals surface area contributed by atoms with Gasteiger partial charge in [-0.15, -0.1) is 0 Å². The third-order valence-corrected chi connectivity index (χ3v) is 4.66. The lowest BCUT2D eigenvalue weighted by atomic mass is 10.2. The molecule has 0 spiro atoms. The summed E-state index contributed by atoms with van der Waals surface area (Å²) in [5.41, 5.74) is 1.99. The summed E-state index contributed by atoms with van der Waals surface area (Å²) in [7, 11) is 0. The lowest BCUT2D eigenvalue weighted by Gasteiger charge is -2.20. The van der Waals surface area contributed by atoms with Gasteiger partial charge < -0.3 is 10.0 Å². The molecule has 1 N–H and O–H groups in total. The molecule has 1 aliphatic heterocycles. The molecule has 1 heterocycles. The number of phenolic OH excluding ortho intramolecular Hbond substituents is 1. The number of nitrogens with zero attached hydrogens (tertiary/aromatic N) is 1. The van der Waals surface area contributed by atoms with Crippen LogP contribution < -0.4 is 4.90 Å². The van der Waals surface area contributed by atoms with E-state index >= 15 is 0 Å². The lowest BCUT2D eigenvalue weighted by Crippen LogP contribution is -2.17. The van der Waals surface area contributed by atoms with E-state index in [1.807, 2.05) is 35.2 Å². The Kier molecular flexibility index (Phi) is 4.14. The number of thioether (sulfide) groups is 1. The second kappa shape index (κ2) is 6.07. The third-order valence-electron chi connectivity index (χ3n) is 3.29. The van der Waals surface area contributed by atoms with Crippen molar-refractivity contribution in [1.29, 1.82) is 0 Å². The van der Waals surface area contributed by atoms with Gasteiger partial charge in [-0.05, 0) is 36.8 Å². The number of carbonyl (C=O) groups excluding carboxylic acids is 1. The molecule has 0 amide bonds. The van der Waals surface area contributed by atoms with Gasteiger partial charge in [-0.1, -0.05) is 35.5 Å². The number of aromatic hydroxyl groups is 1. The fraction of sp³-hybridized carbons (Fsp3) is 0.118. The first-order valence-electron chi connectivity index (χ1n) is 6.78. The molecule has 0 saturated carbocycles. The molecule has 0 unspecified atom stereocenters. The Bertz CT molecular complexity index is 756. The normalized spacial score (nSPS) is 15.2. The molecule has 0 atom stereocenters. The molecule has 0 bridgehead atoms. The van der Waals surface area contributed by atoms with Gasteiger partial charge in [-0.3, -0.25) is 4.79 Å². The van der Waals surface area contributed by atoms with Gasteiger partial charge in [-0.25, -0.2) is 0 Å². The summed E-state index contributed by atoms with van der Waals surface area (Å²) in [4.78, 5) is 14.5. The molecule has 2 aromatic rings. The zero-order chi connectivity index (χ0) is 15.7. The Morgan fingerprint density at radius 1 is 1.27 bits per heavy atom. The van der Waals surface area contributed by atoms with Gasteiger partial charge in [0.25, 0.3) is 0 Å². The first-order valence-corrected chi connectivity index (χ1v) is 7.97. The standard InChI is InChI=1S/C17H14ClNO2S/c1-11(20)8-17-19(10-12-2-4-13(18)5-3-12)15-9-14(21)6-7-16(15)22-17/h2-9,21H,10H2,1H3. The van der Waals surface area contributed by atoms with Gasteiger partial charge in [-0.2, -0.15) is 0 Å². The highest BCUT2D eigenvalue weighted by atomic mass is 35.5. The monoisotopic (exact) mass is 331 g/mol. The van der Waals surface area contributed by atoms with Crippen LogP contribution in [0.15, 0.2) is 58.5 Å². The van der Waals surface area contributed by atoms with Crippen molar-refractivity contribution in [3.63, 3.8) is 0 Å². The number of benzene rings is 2. The van der Waals surface area contributed by atoms with Gasteiger partial charge in [0.15, 0.2) is 5.78 Å². The average Bonchev–Trinajstić information content (AvgIpc) is 2.78. The van der Waals surface area contributed by atoms with Crippen molar-refractivity contribution in [2.75, 3.05) is 4.90 Å².